The van der Waals surface area contributed by atoms with Gasteiger partial charge in [-0.2, -0.15) is 0 Å². The number of carbonyl (C=O) groups is 1. The predicted octanol–water partition coefficient (Wildman–Crippen LogP) is 1.89. The lowest BCUT2D eigenvalue weighted by molar-refractivity contribution is -0.111. The van der Waals surface area contributed by atoms with Crippen LogP contribution in [-0.2, 0) is 14.8 Å². The lowest BCUT2D eigenvalue weighted by Crippen LogP contribution is -2.39. The quantitative estimate of drug-likeness (QED) is 0.802. The van der Waals surface area contributed by atoms with E-state index in [4.69, 9.17) is 0 Å². The summed E-state index contributed by atoms with van der Waals surface area (Å²) < 4.78 is 26.8. The van der Waals surface area contributed by atoms with Gasteiger partial charge in [0.1, 0.15) is 6.29 Å². The zero-order chi connectivity index (χ0) is 13.8. The molecule has 0 aliphatic heterocycles. The number of benzene rings is 1. The van der Waals surface area contributed by atoms with Crippen molar-refractivity contribution in [2.24, 2.45) is 5.92 Å². The van der Waals surface area contributed by atoms with Crippen molar-refractivity contribution in [2.45, 2.75) is 38.1 Å². The van der Waals surface area contributed by atoms with E-state index in [2.05, 4.69) is 4.72 Å². The van der Waals surface area contributed by atoms with Gasteiger partial charge in [-0.05, 0) is 25.5 Å². The number of hydrogen-bond acceptors (Lipinski definition) is 3. The molecule has 1 aromatic rings. The van der Waals surface area contributed by atoms with E-state index < -0.39 is 10.0 Å². The maximum absolute atomic E-state index is 12.1. The summed E-state index contributed by atoms with van der Waals surface area (Å²) in [5.74, 6) is -0.338. The third kappa shape index (κ3) is 3.65. The zero-order valence-electron chi connectivity index (χ0n) is 10.9. The number of rotatable bonds is 6. The van der Waals surface area contributed by atoms with Gasteiger partial charge in [-0.1, -0.05) is 31.5 Å². The van der Waals surface area contributed by atoms with Crippen LogP contribution in [0.15, 0.2) is 29.2 Å². The normalized spacial score (nSPS) is 15.1. The average molecular weight is 269 g/mol. The Kier molecular flexibility index (Phi) is 5.04. The first-order valence-corrected chi connectivity index (χ1v) is 7.43. The van der Waals surface area contributed by atoms with Crippen LogP contribution in [-0.4, -0.2) is 20.7 Å². The number of aldehydes is 1. The molecule has 0 aliphatic carbocycles. The van der Waals surface area contributed by atoms with Crippen molar-refractivity contribution in [1.82, 2.24) is 4.72 Å². The van der Waals surface area contributed by atoms with Crippen molar-refractivity contribution in [3.8, 4) is 0 Å². The average Bonchev–Trinajstić information content (AvgIpc) is 2.35. The Hall–Kier alpha value is -1.20. The Bertz CT molecular complexity index is 493. The summed E-state index contributed by atoms with van der Waals surface area (Å²) >= 11 is 0. The van der Waals surface area contributed by atoms with E-state index in [-0.39, 0.29) is 16.9 Å². The van der Waals surface area contributed by atoms with Gasteiger partial charge in [0.2, 0.25) is 10.0 Å². The molecule has 0 spiro atoms. The Morgan fingerprint density at radius 3 is 2.28 bits per heavy atom. The van der Waals surface area contributed by atoms with Crippen molar-refractivity contribution in [2.75, 3.05) is 0 Å². The molecule has 2 atom stereocenters. The van der Waals surface area contributed by atoms with Crippen LogP contribution in [0.3, 0.4) is 0 Å². The van der Waals surface area contributed by atoms with Crippen molar-refractivity contribution in [3.05, 3.63) is 29.8 Å². The van der Waals surface area contributed by atoms with Crippen molar-refractivity contribution < 1.29 is 13.2 Å². The fourth-order valence-electron chi connectivity index (χ4n) is 1.64. The molecule has 0 bridgehead atoms. The first-order chi connectivity index (χ1) is 8.40. The van der Waals surface area contributed by atoms with E-state index in [0.29, 0.717) is 6.42 Å². The molecule has 1 rings (SSSR count). The Morgan fingerprint density at radius 1 is 1.28 bits per heavy atom. The van der Waals surface area contributed by atoms with Gasteiger partial charge < -0.3 is 4.79 Å². The molecule has 0 heterocycles. The Balaban J connectivity index is 2.93. The molecule has 4 nitrogen and oxygen atoms in total. The molecule has 1 N–H and O–H groups in total. The maximum Gasteiger partial charge on any atom is 0.240 e. The molecule has 0 saturated heterocycles. The highest BCUT2D eigenvalue weighted by molar-refractivity contribution is 7.89. The molecule has 0 unspecified atom stereocenters. The van der Waals surface area contributed by atoms with Gasteiger partial charge in [0.05, 0.1) is 4.90 Å². The van der Waals surface area contributed by atoms with Crippen LogP contribution in [0, 0.1) is 12.8 Å². The SMILES string of the molecule is CC[C@@H](NS(=O)(=O)c1ccc(C)cc1)[C@@H](C)C=O. The van der Waals surface area contributed by atoms with Gasteiger partial charge in [-0.3, -0.25) is 0 Å². The van der Waals surface area contributed by atoms with E-state index in [1.165, 1.54) is 0 Å². The minimum absolute atomic E-state index is 0.227. The topological polar surface area (TPSA) is 63.2 Å². The number of nitrogens with one attached hydrogen (secondary N) is 1. The molecule has 18 heavy (non-hydrogen) atoms. The van der Waals surface area contributed by atoms with E-state index in [1.807, 2.05) is 13.8 Å². The predicted molar refractivity (Wildman–Crippen MR) is 70.8 cm³/mol. The van der Waals surface area contributed by atoms with Crippen LogP contribution >= 0.6 is 0 Å². The fraction of sp³-hybridized carbons (Fsp3) is 0.462. The second kappa shape index (κ2) is 6.11. The summed E-state index contributed by atoms with van der Waals surface area (Å²) in [6.45, 7) is 5.45. The highest BCUT2D eigenvalue weighted by Gasteiger charge is 2.22. The molecule has 0 fully saturated rings. The molecule has 5 heteroatoms. The van der Waals surface area contributed by atoms with Crippen LogP contribution in [0.1, 0.15) is 25.8 Å². The Morgan fingerprint density at radius 2 is 1.83 bits per heavy atom. The lowest BCUT2D eigenvalue weighted by atomic mass is 10.0. The highest BCUT2D eigenvalue weighted by Crippen LogP contribution is 2.13. The first kappa shape index (κ1) is 14.9. The standard InChI is InChI=1S/C13H19NO3S/c1-4-13(11(3)9-15)14-18(16,17)12-7-5-10(2)6-8-12/h5-9,11,13-14H,4H2,1-3H3/t11-,13+/m0/s1. The molecule has 0 radical (unpaired) electrons. The minimum Gasteiger partial charge on any atom is -0.303 e. The van der Waals surface area contributed by atoms with Crippen molar-refractivity contribution in [3.63, 3.8) is 0 Å². The third-order valence-electron chi connectivity index (χ3n) is 2.93. The lowest BCUT2D eigenvalue weighted by Gasteiger charge is -2.19. The second-order valence-electron chi connectivity index (χ2n) is 4.44. The summed E-state index contributed by atoms with van der Waals surface area (Å²) in [6, 6.07) is 6.26. The van der Waals surface area contributed by atoms with Gasteiger partial charge in [0.15, 0.2) is 0 Å². The van der Waals surface area contributed by atoms with E-state index in [0.717, 1.165) is 11.8 Å². The van der Waals surface area contributed by atoms with Crippen LogP contribution in [0.5, 0.6) is 0 Å². The molecular weight excluding hydrogens is 250 g/mol. The molecule has 1 aromatic carbocycles. The Labute approximate surface area is 108 Å². The van der Waals surface area contributed by atoms with E-state index in [9.17, 15) is 13.2 Å². The molecule has 100 valence electrons. The summed E-state index contributed by atoms with van der Waals surface area (Å²) in [5.41, 5.74) is 1.00. The van der Waals surface area contributed by atoms with Gasteiger partial charge in [-0.25, -0.2) is 13.1 Å². The van der Waals surface area contributed by atoms with Crippen molar-refractivity contribution >= 4 is 16.3 Å². The van der Waals surface area contributed by atoms with Gasteiger partial charge in [0.25, 0.3) is 0 Å². The van der Waals surface area contributed by atoms with Crippen LogP contribution in [0.4, 0.5) is 0 Å². The molecule has 0 saturated carbocycles. The highest BCUT2D eigenvalue weighted by atomic mass is 32.2. The van der Waals surface area contributed by atoms with E-state index in [1.54, 1.807) is 31.2 Å². The van der Waals surface area contributed by atoms with E-state index >= 15 is 0 Å². The molecule has 0 amide bonds. The summed E-state index contributed by atoms with van der Waals surface area (Å²) in [5, 5.41) is 0. The smallest absolute Gasteiger partial charge is 0.240 e. The fourth-order valence-corrected chi connectivity index (χ4v) is 3.05. The number of carbonyl (C=O) groups excluding carboxylic acids is 1. The largest absolute Gasteiger partial charge is 0.303 e. The van der Waals surface area contributed by atoms with Crippen LogP contribution in [0.2, 0.25) is 0 Å². The second-order valence-corrected chi connectivity index (χ2v) is 6.16. The summed E-state index contributed by atoms with van der Waals surface area (Å²) in [6.07, 6.45) is 1.34. The number of aryl methyl sites for hydroxylation is 1. The van der Waals surface area contributed by atoms with Gasteiger partial charge in [0, 0.05) is 12.0 Å². The number of sulfonamides is 1. The summed E-state index contributed by atoms with van der Waals surface area (Å²) in [4.78, 5) is 11.0. The minimum atomic E-state index is -3.55. The summed E-state index contributed by atoms with van der Waals surface area (Å²) in [7, 11) is -3.55. The zero-order valence-corrected chi connectivity index (χ0v) is 11.7. The number of hydrogen-bond donors (Lipinski definition) is 1. The van der Waals surface area contributed by atoms with Gasteiger partial charge >= 0.3 is 0 Å². The van der Waals surface area contributed by atoms with Gasteiger partial charge in [-0.15, -0.1) is 0 Å². The third-order valence-corrected chi connectivity index (χ3v) is 4.43. The molecule has 0 aliphatic rings. The van der Waals surface area contributed by atoms with Crippen LogP contribution in [0.25, 0.3) is 0 Å². The maximum atomic E-state index is 12.1. The van der Waals surface area contributed by atoms with Crippen LogP contribution < -0.4 is 4.72 Å². The molecular formula is C13H19NO3S. The monoisotopic (exact) mass is 269 g/mol. The van der Waals surface area contributed by atoms with Crippen molar-refractivity contribution in [1.29, 1.82) is 0 Å². The molecule has 0 aromatic heterocycles. The first-order valence-electron chi connectivity index (χ1n) is 5.95.